The van der Waals surface area contributed by atoms with E-state index in [1.807, 2.05) is 0 Å². The molecule has 0 bridgehead atoms. The Morgan fingerprint density at radius 3 is 2.68 bits per heavy atom. The molecular weight excluding hydrogens is 384 g/mol. The fourth-order valence-electron chi connectivity index (χ4n) is 3.13. The van der Waals surface area contributed by atoms with E-state index in [1.165, 1.54) is 18.6 Å². The smallest absolute Gasteiger partial charge is 0.312 e. The van der Waals surface area contributed by atoms with Crippen LogP contribution >= 0.6 is 35.6 Å². The van der Waals surface area contributed by atoms with Gasteiger partial charge in [0.25, 0.3) is 5.91 Å². The molecule has 2 fully saturated rings. The summed E-state index contributed by atoms with van der Waals surface area (Å²) in [4.78, 5) is 25.0. The number of aromatic hydroxyl groups is 1. The fraction of sp³-hybridized carbons (Fsp3) is 0.375. The third-order valence-electron chi connectivity index (χ3n) is 4.33. The van der Waals surface area contributed by atoms with Crippen LogP contribution in [-0.2, 0) is 4.79 Å². The van der Waals surface area contributed by atoms with Gasteiger partial charge in [0.2, 0.25) is 5.75 Å². The summed E-state index contributed by atoms with van der Waals surface area (Å²) in [5.41, 5.74) is -0.371. The van der Waals surface area contributed by atoms with E-state index >= 15 is 0 Å². The van der Waals surface area contributed by atoms with Crippen LogP contribution < -0.4 is 0 Å². The Kier molecular flexibility index (Phi) is 5.31. The Balaban J connectivity index is 1.93. The second-order valence-corrected chi connectivity index (χ2v) is 8.08. The summed E-state index contributed by atoms with van der Waals surface area (Å²) in [7, 11) is 0. The molecule has 1 N–H and O–H groups in total. The maximum absolute atomic E-state index is 12.7. The molecule has 1 saturated carbocycles. The quantitative estimate of drug-likeness (QED) is 0.349. The standard InChI is InChI=1S/C16H15ClN2O4S2/c17-10-6-9(14(20)12(8-10)19(22)23)7-13-15(21)18(16(24)25-13)11-4-2-1-3-5-11/h6-8,11,20H,1-5H2/b13-7+. The fourth-order valence-corrected chi connectivity index (χ4v) is 4.74. The topological polar surface area (TPSA) is 83.7 Å². The number of carbonyl (C=O) groups is 1. The summed E-state index contributed by atoms with van der Waals surface area (Å²) in [6, 6.07) is 2.56. The molecule has 2 aliphatic rings. The molecule has 1 aliphatic heterocycles. The van der Waals surface area contributed by atoms with E-state index in [0.29, 0.717) is 9.23 Å². The molecule has 0 aromatic heterocycles. The van der Waals surface area contributed by atoms with Crippen LogP contribution in [0.2, 0.25) is 5.02 Å². The van der Waals surface area contributed by atoms with Crippen LogP contribution in [0, 0.1) is 10.1 Å². The number of nitro benzene ring substituents is 1. The molecule has 1 aliphatic carbocycles. The summed E-state index contributed by atoms with van der Waals surface area (Å²) < 4.78 is 0.485. The molecule has 1 amide bonds. The summed E-state index contributed by atoms with van der Waals surface area (Å²) >= 11 is 12.4. The van der Waals surface area contributed by atoms with Gasteiger partial charge in [-0.3, -0.25) is 19.8 Å². The number of hydrogen-bond donors (Lipinski definition) is 1. The summed E-state index contributed by atoms with van der Waals surface area (Å²) in [6.45, 7) is 0. The van der Waals surface area contributed by atoms with Crippen LogP contribution in [0.5, 0.6) is 5.75 Å². The molecular formula is C16H15ClN2O4S2. The number of nitro groups is 1. The van der Waals surface area contributed by atoms with Crippen molar-refractivity contribution in [1.29, 1.82) is 0 Å². The number of thiocarbonyl (C=S) groups is 1. The van der Waals surface area contributed by atoms with Gasteiger partial charge in [-0.25, -0.2) is 0 Å². The van der Waals surface area contributed by atoms with Crippen LogP contribution in [-0.4, -0.2) is 31.2 Å². The largest absolute Gasteiger partial charge is 0.502 e. The summed E-state index contributed by atoms with van der Waals surface area (Å²) in [5.74, 6) is -0.735. The average molecular weight is 399 g/mol. The summed E-state index contributed by atoms with van der Waals surface area (Å²) in [5, 5.41) is 21.2. The van der Waals surface area contributed by atoms with Crippen LogP contribution in [0.15, 0.2) is 17.0 Å². The van der Waals surface area contributed by atoms with Crippen molar-refractivity contribution in [3.05, 3.63) is 37.7 Å². The van der Waals surface area contributed by atoms with Gasteiger partial charge in [-0.15, -0.1) is 0 Å². The predicted molar refractivity (Wildman–Crippen MR) is 102 cm³/mol. The average Bonchev–Trinajstić information content (AvgIpc) is 2.85. The van der Waals surface area contributed by atoms with Crippen molar-refractivity contribution in [2.45, 2.75) is 38.1 Å². The van der Waals surface area contributed by atoms with Crippen molar-refractivity contribution in [3.8, 4) is 5.75 Å². The maximum atomic E-state index is 12.7. The maximum Gasteiger partial charge on any atom is 0.312 e. The second kappa shape index (κ2) is 7.31. The molecule has 1 aromatic rings. The summed E-state index contributed by atoms with van der Waals surface area (Å²) in [6.07, 6.45) is 6.57. The van der Waals surface area contributed by atoms with E-state index in [1.54, 1.807) is 4.90 Å². The molecule has 0 atom stereocenters. The number of phenols is 1. The van der Waals surface area contributed by atoms with Crippen LogP contribution in [0.1, 0.15) is 37.7 Å². The number of halogens is 1. The normalized spacial score (nSPS) is 20.5. The van der Waals surface area contributed by atoms with Gasteiger partial charge in [0.1, 0.15) is 4.32 Å². The Morgan fingerprint density at radius 1 is 1.36 bits per heavy atom. The Labute approximate surface area is 159 Å². The Morgan fingerprint density at radius 2 is 2.04 bits per heavy atom. The molecule has 1 heterocycles. The van der Waals surface area contributed by atoms with Crippen molar-refractivity contribution < 1.29 is 14.8 Å². The first-order valence-electron chi connectivity index (χ1n) is 7.82. The van der Waals surface area contributed by atoms with Crippen molar-refractivity contribution in [3.63, 3.8) is 0 Å². The minimum atomic E-state index is -0.716. The molecule has 6 nitrogen and oxygen atoms in total. The number of amides is 1. The van der Waals surface area contributed by atoms with Crippen LogP contribution in [0.3, 0.4) is 0 Å². The third kappa shape index (κ3) is 3.65. The van der Waals surface area contributed by atoms with Gasteiger partial charge < -0.3 is 5.11 Å². The minimum Gasteiger partial charge on any atom is -0.502 e. The molecule has 1 aromatic carbocycles. The van der Waals surface area contributed by atoms with E-state index in [-0.39, 0.29) is 22.5 Å². The lowest BCUT2D eigenvalue weighted by molar-refractivity contribution is -0.385. The number of carbonyl (C=O) groups excluding carboxylic acids is 1. The highest BCUT2D eigenvalue weighted by atomic mass is 35.5. The first kappa shape index (κ1) is 18.2. The van der Waals surface area contributed by atoms with E-state index in [0.717, 1.165) is 43.5 Å². The zero-order valence-corrected chi connectivity index (χ0v) is 15.5. The van der Waals surface area contributed by atoms with Gasteiger partial charge >= 0.3 is 5.69 Å². The van der Waals surface area contributed by atoms with Crippen molar-refractivity contribution in [1.82, 2.24) is 4.90 Å². The van der Waals surface area contributed by atoms with E-state index in [2.05, 4.69) is 0 Å². The molecule has 9 heteroatoms. The first-order chi connectivity index (χ1) is 11.9. The van der Waals surface area contributed by atoms with Gasteiger partial charge in [-0.2, -0.15) is 0 Å². The minimum absolute atomic E-state index is 0.106. The zero-order chi connectivity index (χ0) is 18.1. The second-order valence-electron chi connectivity index (χ2n) is 5.96. The van der Waals surface area contributed by atoms with E-state index < -0.39 is 16.4 Å². The highest BCUT2D eigenvalue weighted by Crippen LogP contribution is 2.40. The third-order valence-corrected chi connectivity index (χ3v) is 5.88. The monoisotopic (exact) mass is 398 g/mol. The zero-order valence-electron chi connectivity index (χ0n) is 13.1. The van der Waals surface area contributed by atoms with Crippen molar-refractivity contribution in [2.24, 2.45) is 0 Å². The molecule has 0 spiro atoms. The predicted octanol–water partition coefficient (Wildman–Crippen LogP) is 4.49. The van der Waals surface area contributed by atoms with Crippen molar-refractivity contribution >= 4 is 57.6 Å². The Hall–Kier alpha value is -1.64. The number of hydrogen-bond acceptors (Lipinski definition) is 6. The molecule has 0 radical (unpaired) electrons. The molecule has 0 unspecified atom stereocenters. The van der Waals surface area contributed by atoms with Gasteiger partial charge in [0, 0.05) is 22.7 Å². The first-order valence-corrected chi connectivity index (χ1v) is 9.42. The van der Waals surface area contributed by atoms with Crippen LogP contribution in [0.4, 0.5) is 5.69 Å². The number of phenolic OH excluding ortho intramolecular Hbond substituents is 1. The molecule has 132 valence electrons. The van der Waals surface area contributed by atoms with Gasteiger partial charge in [0.05, 0.1) is 9.83 Å². The molecule has 25 heavy (non-hydrogen) atoms. The number of thioether (sulfide) groups is 1. The number of rotatable bonds is 3. The lowest BCUT2D eigenvalue weighted by Crippen LogP contribution is -2.39. The van der Waals surface area contributed by atoms with Gasteiger partial charge in [0.15, 0.2) is 0 Å². The molecule has 3 rings (SSSR count). The SMILES string of the molecule is O=C1/C(=C\c2cc(Cl)cc([N+](=O)[O-])c2O)SC(=S)N1C1CCCCC1. The highest BCUT2D eigenvalue weighted by Gasteiger charge is 2.37. The van der Waals surface area contributed by atoms with Gasteiger partial charge in [-0.05, 0) is 25.0 Å². The van der Waals surface area contributed by atoms with Crippen molar-refractivity contribution in [2.75, 3.05) is 0 Å². The van der Waals surface area contributed by atoms with E-state index in [4.69, 9.17) is 23.8 Å². The van der Waals surface area contributed by atoms with E-state index in [9.17, 15) is 20.0 Å². The number of nitrogens with zero attached hydrogens (tertiary/aromatic N) is 2. The van der Waals surface area contributed by atoms with Crippen LogP contribution in [0.25, 0.3) is 6.08 Å². The molecule has 1 saturated heterocycles. The lowest BCUT2D eigenvalue weighted by Gasteiger charge is -2.29. The Bertz CT molecular complexity index is 791. The van der Waals surface area contributed by atoms with Gasteiger partial charge in [-0.1, -0.05) is 54.8 Å². The number of benzene rings is 1. The lowest BCUT2D eigenvalue weighted by atomic mass is 9.94. The highest BCUT2D eigenvalue weighted by molar-refractivity contribution is 8.26.